The van der Waals surface area contributed by atoms with Crippen LogP contribution in [-0.4, -0.2) is 11.4 Å². The maximum absolute atomic E-state index is 10.1. The molecule has 0 aliphatic heterocycles. The monoisotopic (exact) mass is 263 g/mol. The molecule has 6 N–H and O–H groups in total. The minimum absolute atomic E-state index is 0. The van der Waals surface area contributed by atoms with E-state index in [4.69, 9.17) is 0 Å². The maximum atomic E-state index is 10.1. The van der Waals surface area contributed by atoms with Crippen molar-refractivity contribution >= 4 is 5.97 Å². The van der Waals surface area contributed by atoms with Crippen LogP contribution in [-0.2, 0) is 4.79 Å². The minimum Gasteiger partial charge on any atom is -0.550 e. The van der Waals surface area contributed by atoms with Gasteiger partial charge in [-0.1, -0.05) is 71.1 Å². The third-order valence-electron chi connectivity index (χ3n) is 2.98. The summed E-state index contributed by atoms with van der Waals surface area (Å²) in [7, 11) is 0. The highest BCUT2D eigenvalue weighted by atomic mass is 16.4. The standard InChI is InChI=1S/C14H28O2.H3N.H2O/c1-2-3-4-5-6-7-8-9-10-11-12-13-14(15)16;;/h2-13H2,1H3,(H,15,16);1H3;1H2. The Hall–Kier alpha value is -0.610. The molecule has 0 saturated heterocycles. The van der Waals surface area contributed by atoms with Crippen LogP contribution in [0.5, 0.6) is 0 Å². The van der Waals surface area contributed by atoms with Crippen LogP contribution in [0.4, 0.5) is 0 Å². The van der Waals surface area contributed by atoms with Crippen LogP contribution < -0.4 is 11.3 Å². The summed E-state index contributed by atoms with van der Waals surface area (Å²) in [4.78, 5) is 10.1. The van der Waals surface area contributed by atoms with Crippen LogP contribution in [0.25, 0.3) is 0 Å². The summed E-state index contributed by atoms with van der Waals surface area (Å²) in [6, 6.07) is 0. The third kappa shape index (κ3) is 20.8. The fourth-order valence-electron chi connectivity index (χ4n) is 1.93. The Morgan fingerprint density at radius 1 is 0.778 bits per heavy atom. The first-order valence-electron chi connectivity index (χ1n) is 6.97. The zero-order chi connectivity index (χ0) is 12.1. The normalized spacial score (nSPS) is 9.39. The molecule has 0 aliphatic rings. The van der Waals surface area contributed by atoms with E-state index in [2.05, 4.69) is 6.92 Å². The summed E-state index contributed by atoms with van der Waals surface area (Å²) < 4.78 is 0. The average molecular weight is 263 g/mol. The van der Waals surface area contributed by atoms with Crippen molar-refractivity contribution in [3.63, 3.8) is 0 Å². The smallest absolute Gasteiger partial charge is 0.0414 e. The zero-order valence-corrected chi connectivity index (χ0v) is 12.3. The van der Waals surface area contributed by atoms with Gasteiger partial charge in [-0.3, -0.25) is 0 Å². The SMILES string of the molecule is CCCCCCCCCCCCCC(=O)[O-].O.[NH4+]. The number of rotatable bonds is 12. The highest BCUT2D eigenvalue weighted by molar-refractivity contribution is 5.63. The number of aliphatic carboxylic acids is 1. The lowest BCUT2D eigenvalue weighted by molar-refractivity contribution is -0.305. The molecule has 0 bridgehead atoms. The van der Waals surface area contributed by atoms with Crippen molar-refractivity contribution in [2.24, 2.45) is 0 Å². The van der Waals surface area contributed by atoms with Crippen molar-refractivity contribution < 1.29 is 15.4 Å². The van der Waals surface area contributed by atoms with Crippen molar-refractivity contribution in [1.29, 1.82) is 0 Å². The molecule has 0 radical (unpaired) electrons. The molecular formula is C14H33NO3. The van der Waals surface area contributed by atoms with Gasteiger partial charge in [-0.2, -0.15) is 0 Å². The van der Waals surface area contributed by atoms with Crippen molar-refractivity contribution in [1.82, 2.24) is 6.15 Å². The van der Waals surface area contributed by atoms with Crippen LogP contribution in [0.3, 0.4) is 0 Å². The molecule has 0 saturated carbocycles. The average Bonchev–Trinajstić information content (AvgIpc) is 2.25. The summed E-state index contributed by atoms with van der Waals surface area (Å²) in [6.45, 7) is 2.24. The minimum atomic E-state index is -0.907. The second-order valence-corrected chi connectivity index (χ2v) is 4.66. The predicted molar refractivity (Wildman–Crippen MR) is 75.7 cm³/mol. The molecule has 0 unspecified atom stereocenters. The van der Waals surface area contributed by atoms with Gasteiger partial charge in [-0.25, -0.2) is 0 Å². The van der Waals surface area contributed by atoms with Crippen LogP contribution in [0.15, 0.2) is 0 Å². The summed E-state index contributed by atoms with van der Waals surface area (Å²) >= 11 is 0. The Kier molecular flexibility index (Phi) is 23.5. The van der Waals surface area contributed by atoms with Gasteiger partial charge in [0.05, 0.1) is 0 Å². The van der Waals surface area contributed by atoms with Crippen molar-refractivity contribution in [2.75, 3.05) is 0 Å². The van der Waals surface area contributed by atoms with E-state index in [0.717, 1.165) is 12.8 Å². The lowest BCUT2D eigenvalue weighted by Gasteiger charge is -2.03. The molecule has 0 spiro atoms. The Balaban J connectivity index is -0.00000112. The van der Waals surface area contributed by atoms with E-state index in [0.29, 0.717) is 0 Å². The molecule has 0 rings (SSSR count). The molecule has 0 aromatic heterocycles. The van der Waals surface area contributed by atoms with E-state index in [1.807, 2.05) is 0 Å². The van der Waals surface area contributed by atoms with Crippen molar-refractivity contribution in [3.05, 3.63) is 0 Å². The molecule has 0 amide bonds. The van der Waals surface area contributed by atoms with Gasteiger partial charge in [-0.05, 0) is 12.8 Å². The Morgan fingerprint density at radius 2 is 1.11 bits per heavy atom. The van der Waals surface area contributed by atoms with E-state index < -0.39 is 5.97 Å². The number of carbonyl (C=O) groups excluding carboxylic acids is 1. The lowest BCUT2D eigenvalue weighted by Crippen LogP contribution is -2.21. The number of carboxylic acid groups (broad SMARTS) is 1. The predicted octanol–water partition coefficient (Wildman–Crippen LogP) is 2.99. The van der Waals surface area contributed by atoms with E-state index in [1.165, 1.54) is 57.8 Å². The van der Waals surface area contributed by atoms with E-state index in [1.54, 1.807) is 0 Å². The highest BCUT2D eigenvalue weighted by Crippen LogP contribution is 2.11. The quantitative estimate of drug-likeness (QED) is 0.546. The van der Waals surface area contributed by atoms with Gasteiger partial charge in [0.1, 0.15) is 0 Å². The van der Waals surface area contributed by atoms with Crippen LogP contribution in [0.2, 0.25) is 0 Å². The zero-order valence-electron chi connectivity index (χ0n) is 12.3. The molecule has 4 nitrogen and oxygen atoms in total. The van der Waals surface area contributed by atoms with Gasteiger partial charge in [0.15, 0.2) is 0 Å². The molecule has 112 valence electrons. The maximum Gasteiger partial charge on any atom is 0.0414 e. The number of hydrogen-bond acceptors (Lipinski definition) is 2. The molecule has 0 heterocycles. The first-order chi connectivity index (χ1) is 7.77. The van der Waals surface area contributed by atoms with E-state index >= 15 is 0 Å². The van der Waals surface area contributed by atoms with Gasteiger partial charge in [0.2, 0.25) is 0 Å². The molecule has 0 aromatic rings. The highest BCUT2D eigenvalue weighted by Gasteiger charge is 1.93. The first kappa shape index (κ1) is 22.6. The third-order valence-corrected chi connectivity index (χ3v) is 2.98. The van der Waals surface area contributed by atoms with Gasteiger partial charge in [0, 0.05) is 5.97 Å². The largest absolute Gasteiger partial charge is 0.550 e. The number of hydrogen-bond donors (Lipinski definition) is 1. The van der Waals surface area contributed by atoms with Gasteiger partial charge in [-0.15, -0.1) is 0 Å². The van der Waals surface area contributed by atoms with Gasteiger partial charge < -0.3 is 21.5 Å². The number of carboxylic acids is 1. The van der Waals surface area contributed by atoms with Crippen LogP contribution in [0.1, 0.15) is 84.0 Å². The van der Waals surface area contributed by atoms with Gasteiger partial charge >= 0.3 is 0 Å². The first-order valence-corrected chi connectivity index (χ1v) is 6.97. The number of unbranched alkanes of at least 4 members (excludes halogenated alkanes) is 10. The van der Waals surface area contributed by atoms with Crippen LogP contribution in [0, 0.1) is 0 Å². The van der Waals surface area contributed by atoms with E-state index in [-0.39, 0.29) is 18.0 Å². The molecular weight excluding hydrogens is 230 g/mol. The molecule has 0 aromatic carbocycles. The van der Waals surface area contributed by atoms with Crippen LogP contribution >= 0.6 is 0 Å². The second kappa shape index (κ2) is 18.7. The topological polar surface area (TPSA) is 108 Å². The Labute approximate surface area is 112 Å². The van der Waals surface area contributed by atoms with Crippen molar-refractivity contribution in [2.45, 2.75) is 84.0 Å². The summed E-state index contributed by atoms with van der Waals surface area (Å²) in [5.74, 6) is -0.907. The molecule has 0 fully saturated rings. The Bertz CT molecular complexity index is 163. The molecule has 0 aliphatic carbocycles. The fraction of sp³-hybridized carbons (Fsp3) is 0.929. The van der Waals surface area contributed by atoms with Gasteiger partial charge in [0.25, 0.3) is 0 Å². The second-order valence-electron chi connectivity index (χ2n) is 4.66. The molecule has 18 heavy (non-hydrogen) atoms. The number of quaternary nitrogens is 1. The molecule has 4 heteroatoms. The lowest BCUT2D eigenvalue weighted by atomic mass is 10.1. The summed E-state index contributed by atoms with van der Waals surface area (Å²) in [5.41, 5.74) is 0. The summed E-state index contributed by atoms with van der Waals surface area (Å²) in [6.07, 6.45) is 14.0. The summed E-state index contributed by atoms with van der Waals surface area (Å²) in [5, 5.41) is 10.1. The number of carbonyl (C=O) groups is 1. The Morgan fingerprint density at radius 3 is 1.44 bits per heavy atom. The van der Waals surface area contributed by atoms with E-state index in [9.17, 15) is 9.90 Å². The fourth-order valence-corrected chi connectivity index (χ4v) is 1.93. The van der Waals surface area contributed by atoms with Crippen molar-refractivity contribution in [3.8, 4) is 0 Å². The molecule has 0 atom stereocenters.